The number of ether oxygens (including phenoxy) is 1. The molecule has 0 bridgehead atoms. The summed E-state index contributed by atoms with van der Waals surface area (Å²) in [5, 5.41) is 2.73. The first-order valence-corrected chi connectivity index (χ1v) is 7.24. The van der Waals surface area contributed by atoms with Crippen LogP contribution in [0.4, 0.5) is 10.5 Å². The summed E-state index contributed by atoms with van der Waals surface area (Å²) in [6.45, 7) is 6.98. The van der Waals surface area contributed by atoms with Crippen molar-refractivity contribution in [3.63, 3.8) is 0 Å². The van der Waals surface area contributed by atoms with Crippen LogP contribution in [0.15, 0.2) is 22.7 Å². The Kier molecular flexibility index (Phi) is 5.74. The van der Waals surface area contributed by atoms with Crippen LogP contribution in [0.3, 0.4) is 0 Å². The van der Waals surface area contributed by atoms with Crippen molar-refractivity contribution >= 4 is 33.5 Å². The molecule has 0 atom stereocenters. The third kappa shape index (κ3) is 6.19. The lowest BCUT2D eigenvalue weighted by molar-refractivity contribution is -0.116. The first kappa shape index (κ1) is 16.7. The van der Waals surface area contributed by atoms with Crippen LogP contribution in [0.1, 0.15) is 39.7 Å². The third-order valence-electron chi connectivity index (χ3n) is 2.45. The largest absolute Gasteiger partial charge is 0.444 e. The van der Waals surface area contributed by atoms with E-state index in [4.69, 9.17) is 4.74 Å². The summed E-state index contributed by atoms with van der Waals surface area (Å²) in [6, 6.07) is 5.58. The number of carbonyl (C=O) groups is 2. The normalized spacial score (nSPS) is 11.1. The quantitative estimate of drug-likeness (QED) is 0.887. The molecule has 0 radical (unpaired) electrons. The van der Waals surface area contributed by atoms with E-state index in [1.165, 1.54) is 0 Å². The molecule has 0 heterocycles. The number of anilines is 1. The number of carbonyl (C=O) groups excluding carboxylic acids is 2. The van der Waals surface area contributed by atoms with Crippen LogP contribution in [-0.4, -0.2) is 17.5 Å². The van der Waals surface area contributed by atoms with E-state index in [-0.39, 0.29) is 5.78 Å². The number of benzene rings is 1. The van der Waals surface area contributed by atoms with Crippen molar-refractivity contribution in [1.82, 2.24) is 0 Å². The SMILES string of the molecule is CC(=O)CCc1ccc(Br)cc1NC(=O)OC(C)(C)C. The number of halogens is 1. The van der Waals surface area contributed by atoms with Gasteiger partial charge in [-0.25, -0.2) is 4.79 Å². The van der Waals surface area contributed by atoms with Gasteiger partial charge in [-0.2, -0.15) is 0 Å². The maximum Gasteiger partial charge on any atom is 0.412 e. The summed E-state index contributed by atoms with van der Waals surface area (Å²) in [7, 11) is 0. The highest BCUT2D eigenvalue weighted by Crippen LogP contribution is 2.23. The molecule has 0 fully saturated rings. The number of hydrogen-bond acceptors (Lipinski definition) is 3. The number of nitrogens with one attached hydrogen (secondary N) is 1. The van der Waals surface area contributed by atoms with Crippen molar-refractivity contribution in [3.8, 4) is 0 Å². The predicted octanol–water partition coefficient (Wildman–Crippen LogP) is 4.32. The van der Waals surface area contributed by atoms with Crippen molar-refractivity contribution in [3.05, 3.63) is 28.2 Å². The summed E-state index contributed by atoms with van der Waals surface area (Å²) in [5.74, 6) is 0.121. The molecule has 0 saturated carbocycles. The van der Waals surface area contributed by atoms with Crippen molar-refractivity contribution in [1.29, 1.82) is 0 Å². The van der Waals surface area contributed by atoms with Gasteiger partial charge >= 0.3 is 6.09 Å². The molecule has 0 aliphatic carbocycles. The van der Waals surface area contributed by atoms with Crippen LogP contribution < -0.4 is 5.32 Å². The Morgan fingerprint density at radius 2 is 1.95 bits per heavy atom. The first-order chi connectivity index (χ1) is 9.17. The molecule has 0 aliphatic heterocycles. The van der Waals surface area contributed by atoms with Gasteiger partial charge < -0.3 is 9.53 Å². The van der Waals surface area contributed by atoms with Gasteiger partial charge in [0.25, 0.3) is 0 Å². The van der Waals surface area contributed by atoms with Crippen LogP contribution in [0, 0.1) is 0 Å². The lowest BCUT2D eigenvalue weighted by Crippen LogP contribution is -2.27. The molecule has 0 aliphatic rings. The Balaban J connectivity index is 2.84. The molecule has 1 rings (SSSR count). The predicted molar refractivity (Wildman–Crippen MR) is 83.0 cm³/mol. The van der Waals surface area contributed by atoms with Gasteiger partial charge in [-0.1, -0.05) is 22.0 Å². The van der Waals surface area contributed by atoms with E-state index < -0.39 is 11.7 Å². The Labute approximate surface area is 128 Å². The summed E-state index contributed by atoms with van der Waals surface area (Å²) in [4.78, 5) is 22.9. The van der Waals surface area contributed by atoms with E-state index in [2.05, 4.69) is 21.2 Å². The maximum atomic E-state index is 11.8. The van der Waals surface area contributed by atoms with Crippen molar-refractivity contribution in [2.45, 2.75) is 46.1 Å². The zero-order chi connectivity index (χ0) is 15.3. The van der Waals surface area contributed by atoms with Gasteiger partial charge in [0, 0.05) is 16.6 Å². The first-order valence-electron chi connectivity index (χ1n) is 6.45. The molecular formula is C15H20BrNO3. The minimum atomic E-state index is -0.546. The van der Waals surface area contributed by atoms with E-state index in [0.29, 0.717) is 18.5 Å². The number of Topliss-reactive ketones (excluding diaryl/α,β-unsaturated/α-hetero) is 1. The van der Waals surface area contributed by atoms with E-state index >= 15 is 0 Å². The molecule has 0 unspecified atom stereocenters. The van der Waals surface area contributed by atoms with Crippen LogP contribution in [-0.2, 0) is 16.0 Å². The zero-order valence-corrected chi connectivity index (χ0v) is 13.8. The van der Waals surface area contributed by atoms with Gasteiger partial charge in [-0.05, 0) is 51.8 Å². The Hall–Kier alpha value is -1.36. The van der Waals surface area contributed by atoms with Gasteiger partial charge in [0.05, 0.1) is 0 Å². The topological polar surface area (TPSA) is 55.4 Å². The molecule has 0 aromatic heterocycles. The summed E-state index contributed by atoms with van der Waals surface area (Å²) >= 11 is 3.37. The van der Waals surface area contributed by atoms with Gasteiger partial charge in [0.1, 0.15) is 11.4 Å². The summed E-state index contributed by atoms with van der Waals surface area (Å²) in [6.07, 6.45) is 0.540. The fourth-order valence-corrected chi connectivity index (χ4v) is 1.97. The highest BCUT2D eigenvalue weighted by Gasteiger charge is 2.17. The van der Waals surface area contributed by atoms with Gasteiger partial charge in [0.15, 0.2) is 0 Å². The minimum absolute atomic E-state index is 0.121. The van der Waals surface area contributed by atoms with Gasteiger partial charge in [-0.3, -0.25) is 5.32 Å². The molecule has 1 aromatic rings. The lowest BCUT2D eigenvalue weighted by atomic mass is 10.1. The van der Waals surface area contributed by atoms with Crippen molar-refractivity contribution in [2.75, 3.05) is 5.32 Å². The average molecular weight is 342 g/mol. The van der Waals surface area contributed by atoms with Crippen LogP contribution in [0.5, 0.6) is 0 Å². The molecule has 4 nitrogen and oxygen atoms in total. The fraction of sp³-hybridized carbons (Fsp3) is 0.467. The maximum absolute atomic E-state index is 11.8. The third-order valence-corrected chi connectivity index (χ3v) is 2.95. The van der Waals surface area contributed by atoms with Gasteiger partial charge in [0.2, 0.25) is 0 Å². The van der Waals surface area contributed by atoms with Crippen molar-refractivity contribution < 1.29 is 14.3 Å². The number of ketones is 1. The van der Waals surface area contributed by atoms with Crippen molar-refractivity contribution in [2.24, 2.45) is 0 Å². The standard InChI is InChI=1S/C15H20BrNO3/c1-10(18)5-6-11-7-8-12(16)9-13(11)17-14(19)20-15(2,3)4/h7-9H,5-6H2,1-4H3,(H,17,19). The monoisotopic (exact) mass is 341 g/mol. The zero-order valence-electron chi connectivity index (χ0n) is 12.2. The molecule has 1 N–H and O–H groups in total. The van der Waals surface area contributed by atoms with Crippen LogP contribution in [0.2, 0.25) is 0 Å². The van der Waals surface area contributed by atoms with Gasteiger partial charge in [-0.15, -0.1) is 0 Å². The molecule has 0 spiro atoms. The molecule has 20 heavy (non-hydrogen) atoms. The van der Waals surface area contributed by atoms with E-state index in [1.54, 1.807) is 13.0 Å². The Morgan fingerprint density at radius 3 is 2.50 bits per heavy atom. The van der Waals surface area contributed by atoms with E-state index in [9.17, 15) is 9.59 Å². The highest BCUT2D eigenvalue weighted by atomic mass is 79.9. The fourth-order valence-electron chi connectivity index (χ4n) is 1.61. The molecule has 0 saturated heterocycles. The second-order valence-electron chi connectivity index (χ2n) is 5.63. The Bertz CT molecular complexity index is 506. The average Bonchev–Trinajstić information content (AvgIpc) is 2.24. The number of amides is 1. The molecule has 1 aromatic carbocycles. The molecule has 110 valence electrons. The minimum Gasteiger partial charge on any atom is -0.444 e. The number of aryl methyl sites for hydroxylation is 1. The Morgan fingerprint density at radius 1 is 1.30 bits per heavy atom. The lowest BCUT2D eigenvalue weighted by Gasteiger charge is -2.20. The molecule has 1 amide bonds. The van der Waals surface area contributed by atoms with E-state index in [1.807, 2.05) is 32.9 Å². The number of rotatable bonds is 4. The second-order valence-corrected chi connectivity index (χ2v) is 6.55. The molecular weight excluding hydrogens is 322 g/mol. The highest BCUT2D eigenvalue weighted by molar-refractivity contribution is 9.10. The smallest absolute Gasteiger partial charge is 0.412 e. The molecule has 5 heteroatoms. The number of hydrogen-bond donors (Lipinski definition) is 1. The summed E-state index contributed by atoms with van der Waals surface area (Å²) < 4.78 is 6.09. The van der Waals surface area contributed by atoms with Crippen LogP contribution in [0.25, 0.3) is 0 Å². The second kappa shape index (κ2) is 6.88. The van der Waals surface area contributed by atoms with Crippen LogP contribution >= 0.6 is 15.9 Å². The summed E-state index contributed by atoms with van der Waals surface area (Å²) in [5.41, 5.74) is 1.03. The van der Waals surface area contributed by atoms with E-state index in [0.717, 1.165) is 10.0 Å².